The maximum absolute atomic E-state index is 11.6. The Morgan fingerprint density at radius 1 is 1.17 bits per heavy atom. The molecule has 0 saturated carbocycles. The van der Waals surface area contributed by atoms with Crippen molar-refractivity contribution < 1.29 is 14.3 Å². The number of carbonyl (C=O) groups excluding carboxylic acids is 1. The van der Waals surface area contributed by atoms with Gasteiger partial charge in [0.15, 0.2) is 0 Å². The van der Waals surface area contributed by atoms with Crippen LogP contribution < -0.4 is 4.74 Å². The summed E-state index contributed by atoms with van der Waals surface area (Å²) in [7, 11) is 0. The summed E-state index contributed by atoms with van der Waals surface area (Å²) in [5.74, 6) is 0.287. The summed E-state index contributed by atoms with van der Waals surface area (Å²) >= 11 is 6.25. The largest absolute Gasteiger partial charge is 0.487 e. The third-order valence-electron chi connectivity index (χ3n) is 3.17. The quantitative estimate of drug-likeness (QED) is 0.559. The molecule has 0 atom stereocenters. The Bertz CT molecular complexity index is 693. The van der Waals surface area contributed by atoms with Gasteiger partial charge in [-0.2, -0.15) is 0 Å². The topological polar surface area (TPSA) is 35.5 Å². The first-order valence-electron chi connectivity index (χ1n) is 7.42. The second-order valence-corrected chi connectivity index (χ2v) is 5.42. The Morgan fingerprint density at radius 2 is 1.91 bits per heavy atom. The lowest BCUT2D eigenvalue weighted by Crippen LogP contribution is -2.04. The van der Waals surface area contributed by atoms with E-state index in [0.29, 0.717) is 29.6 Å². The zero-order valence-electron chi connectivity index (χ0n) is 13.2. The van der Waals surface area contributed by atoms with Crippen LogP contribution >= 0.6 is 11.6 Å². The Labute approximate surface area is 141 Å². The zero-order chi connectivity index (χ0) is 16.7. The van der Waals surface area contributed by atoms with Crippen molar-refractivity contribution in [3.8, 4) is 5.75 Å². The molecule has 0 aliphatic rings. The molecule has 3 nitrogen and oxygen atoms in total. The normalized spacial score (nSPS) is 11.2. The molecular formula is C19H19ClO3. The van der Waals surface area contributed by atoms with E-state index < -0.39 is 0 Å². The van der Waals surface area contributed by atoms with Gasteiger partial charge >= 0.3 is 5.97 Å². The minimum Gasteiger partial charge on any atom is -0.487 e. The number of carbonyl (C=O) groups is 1. The number of rotatable bonds is 6. The molecule has 0 bridgehead atoms. The van der Waals surface area contributed by atoms with E-state index in [2.05, 4.69) is 0 Å². The van der Waals surface area contributed by atoms with Gasteiger partial charge in [0.2, 0.25) is 0 Å². The number of halogens is 1. The summed E-state index contributed by atoms with van der Waals surface area (Å²) in [5.41, 5.74) is 2.43. The van der Waals surface area contributed by atoms with Crippen LogP contribution in [0.2, 0.25) is 5.02 Å². The molecule has 4 heteroatoms. The number of esters is 1. The number of benzene rings is 2. The third kappa shape index (κ3) is 5.15. The fourth-order valence-electron chi connectivity index (χ4n) is 2.01. The van der Waals surface area contributed by atoms with Crippen LogP contribution in [0.25, 0.3) is 6.08 Å². The van der Waals surface area contributed by atoms with Gasteiger partial charge in [0.1, 0.15) is 12.4 Å². The maximum atomic E-state index is 11.6. The molecule has 23 heavy (non-hydrogen) atoms. The zero-order valence-corrected chi connectivity index (χ0v) is 14.0. The Balaban J connectivity index is 2.06. The molecule has 2 aromatic carbocycles. The van der Waals surface area contributed by atoms with Crippen LogP contribution in [-0.2, 0) is 16.1 Å². The maximum Gasteiger partial charge on any atom is 0.333 e. The third-order valence-corrected chi connectivity index (χ3v) is 3.47. The first-order chi connectivity index (χ1) is 11.1. The summed E-state index contributed by atoms with van der Waals surface area (Å²) in [5, 5.41) is 0.506. The smallest absolute Gasteiger partial charge is 0.333 e. The van der Waals surface area contributed by atoms with Crippen LogP contribution in [0.4, 0.5) is 0 Å². The van der Waals surface area contributed by atoms with Crippen molar-refractivity contribution in [2.45, 2.75) is 20.5 Å². The van der Waals surface area contributed by atoms with Crippen molar-refractivity contribution in [1.29, 1.82) is 0 Å². The van der Waals surface area contributed by atoms with Crippen molar-refractivity contribution in [2.24, 2.45) is 0 Å². The van der Waals surface area contributed by atoms with Gasteiger partial charge in [-0.1, -0.05) is 48.0 Å². The van der Waals surface area contributed by atoms with E-state index in [4.69, 9.17) is 21.1 Å². The summed E-state index contributed by atoms with van der Waals surface area (Å²) in [6, 6.07) is 15.3. The monoisotopic (exact) mass is 330 g/mol. The Hall–Kier alpha value is -2.26. The highest BCUT2D eigenvalue weighted by Gasteiger charge is 2.07. The lowest BCUT2D eigenvalue weighted by Gasteiger charge is -2.09. The molecule has 2 aromatic rings. The van der Waals surface area contributed by atoms with Crippen molar-refractivity contribution >= 4 is 23.6 Å². The van der Waals surface area contributed by atoms with E-state index in [-0.39, 0.29) is 5.97 Å². The van der Waals surface area contributed by atoms with Crippen LogP contribution in [0.15, 0.2) is 54.1 Å². The number of hydrogen-bond donors (Lipinski definition) is 0. The number of ether oxygens (including phenoxy) is 2. The molecule has 0 radical (unpaired) electrons. The minimum atomic E-state index is -0.326. The second kappa shape index (κ2) is 8.39. The molecule has 0 aliphatic carbocycles. The molecule has 0 saturated heterocycles. The SMILES string of the molecule is CCOC(=O)/C(C)=C/c1ccc(OCc2ccccc2)c(Cl)c1. The van der Waals surface area contributed by atoms with Gasteiger partial charge in [-0.3, -0.25) is 0 Å². The fraction of sp³-hybridized carbons (Fsp3) is 0.211. The standard InChI is InChI=1S/C19H19ClO3/c1-3-22-19(21)14(2)11-16-9-10-18(17(20)12-16)23-13-15-7-5-4-6-8-15/h4-12H,3,13H2,1-2H3/b14-11+. The highest BCUT2D eigenvalue weighted by Crippen LogP contribution is 2.27. The molecule has 0 spiro atoms. The van der Waals surface area contributed by atoms with Crippen LogP contribution in [0, 0.1) is 0 Å². The summed E-state index contributed by atoms with van der Waals surface area (Å²) in [6.45, 7) is 4.31. The summed E-state index contributed by atoms with van der Waals surface area (Å²) < 4.78 is 10.7. The minimum absolute atomic E-state index is 0.326. The first kappa shape index (κ1) is 17.1. The predicted octanol–water partition coefficient (Wildman–Crippen LogP) is 4.89. The molecule has 0 unspecified atom stereocenters. The average Bonchev–Trinajstić information content (AvgIpc) is 2.55. The Kier molecular flexibility index (Phi) is 6.24. The van der Waals surface area contributed by atoms with Crippen molar-refractivity contribution in [3.05, 3.63) is 70.3 Å². The highest BCUT2D eigenvalue weighted by atomic mass is 35.5. The molecule has 0 fully saturated rings. The van der Waals surface area contributed by atoms with E-state index in [0.717, 1.165) is 11.1 Å². The van der Waals surface area contributed by atoms with Crippen molar-refractivity contribution in [3.63, 3.8) is 0 Å². The highest BCUT2D eigenvalue weighted by molar-refractivity contribution is 6.32. The van der Waals surface area contributed by atoms with E-state index in [1.807, 2.05) is 36.4 Å². The average molecular weight is 331 g/mol. The van der Waals surface area contributed by atoms with Crippen LogP contribution in [-0.4, -0.2) is 12.6 Å². The lowest BCUT2D eigenvalue weighted by molar-refractivity contribution is -0.138. The molecule has 0 aromatic heterocycles. The molecule has 0 N–H and O–H groups in total. The van der Waals surface area contributed by atoms with Gasteiger partial charge in [0.05, 0.1) is 11.6 Å². The van der Waals surface area contributed by atoms with E-state index >= 15 is 0 Å². The van der Waals surface area contributed by atoms with E-state index in [1.54, 1.807) is 32.1 Å². The van der Waals surface area contributed by atoms with Gasteiger partial charge in [-0.05, 0) is 43.2 Å². The van der Waals surface area contributed by atoms with Crippen LogP contribution in [0.1, 0.15) is 25.0 Å². The molecule has 0 aliphatic heterocycles. The van der Waals surface area contributed by atoms with Gasteiger partial charge in [0.25, 0.3) is 0 Å². The van der Waals surface area contributed by atoms with Crippen molar-refractivity contribution in [1.82, 2.24) is 0 Å². The molecular weight excluding hydrogens is 312 g/mol. The molecule has 120 valence electrons. The van der Waals surface area contributed by atoms with Crippen LogP contribution in [0.3, 0.4) is 0 Å². The lowest BCUT2D eigenvalue weighted by atomic mass is 10.1. The molecule has 0 amide bonds. The molecule has 2 rings (SSSR count). The predicted molar refractivity (Wildman–Crippen MR) is 92.5 cm³/mol. The van der Waals surface area contributed by atoms with Gasteiger partial charge < -0.3 is 9.47 Å². The second-order valence-electron chi connectivity index (χ2n) is 5.01. The van der Waals surface area contributed by atoms with Gasteiger partial charge in [-0.25, -0.2) is 4.79 Å². The van der Waals surface area contributed by atoms with E-state index in [1.165, 1.54) is 0 Å². The van der Waals surface area contributed by atoms with Gasteiger partial charge in [0, 0.05) is 5.57 Å². The fourth-order valence-corrected chi connectivity index (χ4v) is 2.26. The first-order valence-corrected chi connectivity index (χ1v) is 7.79. The molecule has 0 heterocycles. The summed E-state index contributed by atoms with van der Waals surface area (Å²) in [6.07, 6.45) is 1.74. The van der Waals surface area contributed by atoms with Crippen molar-refractivity contribution in [2.75, 3.05) is 6.61 Å². The van der Waals surface area contributed by atoms with Crippen LogP contribution in [0.5, 0.6) is 5.75 Å². The van der Waals surface area contributed by atoms with Gasteiger partial charge in [-0.15, -0.1) is 0 Å². The van der Waals surface area contributed by atoms with E-state index in [9.17, 15) is 4.79 Å². The summed E-state index contributed by atoms with van der Waals surface area (Å²) in [4.78, 5) is 11.6. The number of hydrogen-bond acceptors (Lipinski definition) is 3. The Morgan fingerprint density at radius 3 is 2.57 bits per heavy atom.